The molecule has 0 aliphatic carbocycles. The molecule has 8 nitrogen and oxygen atoms in total. The number of aromatic nitrogens is 2. The van der Waals surface area contributed by atoms with Crippen molar-refractivity contribution in [1.29, 1.82) is 0 Å². The van der Waals surface area contributed by atoms with E-state index in [0.29, 0.717) is 12.4 Å². The van der Waals surface area contributed by atoms with Crippen molar-refractivity contribution in [2.45, 2.75) is 37.4 Å². The fourth-order valence-corrected chi connectivity index (χ4v) is 3.48. The van der Waals surface area contributed by atoms with Crippen LogP contribution in [0.3, 0.4) is 0 Å². The Kier molecular flexibility index (Phi) is 3.85. The summed E-state index contributed by atoms with van der Waals surface area (Å²) in [5.41, 5.74) is -1.61. The Balaban J connectivity index is 2.32. The number of rotatable bonds is 5. The highest BCUT2D eigenvalue weighted by molar-refractivity contribution is 7.89. The zero-order valence-corrected chi connectivity index (χ0v) is 12.1. The minimum absolute atomic E-state index is 0.0923. The van der Waals surface area contributed by atoms with Crippen LogP contribution in [0.1, 0.15) is 19.2 Å². The lowest BCUT2D eigenvalue weighted by atomic mass is 10.0. The third-order valence-corrected chi connectivity index (χ3v) is 4.74. The summed E-state index contributed by atoms with van der Waals surface area (Å²) in [5.74, 6) is -0.690. The van der Waals surface area contributed by atoms with Gasteiger partial charge in [-0.25, -0.2) is 13.4 Å². The lowest BCUT2D eigenvalue weighted by Gasteiger charge is -2.22. The molecule has 1 unspecified atom stereocenters. The Morgan fingerprint density at radius 2 is 2.35 bits per heavy atom. The Labute approximate surface area is 116 Å². The van der Waals surface area contributed by atoms with Crippen LogP contribution in [0, 0.1) is 6.92 Å². The molecule has 0 amide bonds. The topological polar surface area (TPSA) is 111 Å². The molecule has 2 N–H and O–H groups in total. The predicted octanol–water partition coefficient (Wildman–Crippen LogP) is -0.267. The summed E-state index contributed by atoms with van der Waals surface area (Å²) in [6, 6.07) is 0. The molecule has 1 fully saturated rings. The van der Waals surface area contributed by atoms with Crippen LogP contribution >= 0.6 is 0 Å². The van der Waals surface area contributed by atoms with E-state index < -0.39 is 21.5 Å². The van der Waals surface area contributed by atoms with Gasteiger partial charge in [-0.2, -0.15) is 4.72 Å². The van der Waals surface area contributed by atoms with E-state index in [-0.39, 0.29) is 24.7 Å². The molecule has 2 heterocycles. The highest BCUT2D eigenvalue weighted by Gasteiger charge is 2.46. The number of carboxylic acids is 1. The Morgan fingerprint density at radius 3 is 2.80 bits per heavy atom. The minimum atomic E-state index is -4.00. The molecule has 0 spiro atoms. The van der Waals surface area contributed by atoms with Gasteiger partial charge in [-0.05, 0) is 13.8 Å². The second-order valence-corrected chi connectivity index (χ2v) is 6.34. The monoisotopic (exact) mass is 303 g/mol. The normalized spacial score (nSPS) is 23.1. The van der Waals surface area contributed by atoms with Gasteiger partial charge in [0, 0.05) is 25.8 Å². The van der Waals surface area contributed by atoms with Crippen LogP contribution in [-0.4, -0.2) is 47.8 Å². The zero-order valence-electron chi connectivity index (χ0n) is 11.3. The third kappa shape index (κ3) is 2.56. The van der Waals surface area contributed by atoms with Crippen molar-refractivity contribution < 1.29 is 23.1 Å². The van der Waals surface area contributed by atoms with Crippen molar-refractivity contribution in [2.75, 3.05) is 13.2 Å². The first-order chi connectivity index (χ1) is 9.31. The summed E-state index contributed by atoms with van der Waals surface area (Å²) in [4.78, 5) is 15.3. The first-order valence-electron chi connectivity index (χ1n) is 6.19. The van der Waals surface area contributed by atoms with Crippen LogP contribution in [0.2, 0.25) is 0 Å². The van der Waals surface area contributed by atoms with Crippen molar-refractivity contribution in [1.82, 2.24) is 14.3 Å². The predicted molar refractivity (Wildman–Crippen MR) is 68.8 cm³/mol. The molecule has 0 bridgehead atoms. The molecule has 0 aromatic carbocycles. The molecule has 2 rings (SSSR count). The maximum Gasteiger partial charge on any atom is 0.327 e. The second-order valence-electron chi connectivity index (χ2n) is 4.71. The van der Waals surface area contributed by atoms with Gasteiger partial charge in [0.1, 0.15) is 5.82 Å². The molecule has 0 saturated carbocycles. The third-order valence-electron chi connectivity index (χ3n) is 3.33. The van der Waals surface area contributed by atoms with Crippen molar-refractivity contribution in [3.63, 3.8) is 0 Å². The average Bonchev–Trinajstić information content (AvgIpc) is 2.96. The lowest BCUT2D eigenvalue weighted by Crippen LogP contribution is -2.55. The number of ether oxygens (including phenoxy) is 1. The van der Waals surface area contributed by atoms with E-state index in [4.69, 9.17) is 4.74 Å². The smallest absolute Gasteiger partial charge is 0.327 e. The van der Waals surface area contributed by atoms with Gasteiger partial charge in [-0.3, -0.25) is 4.79 Å². The van der Waals surface area contributed by atoms with E-state index in [0.717, 1.165) is 0 Å². The summed E-state index contributed by atoms with van der Waals surface area (Å²) in [6.45, 7) is 4.16. The SMILES string of the molecule is CCn1cc(S(=O)(=O)NC2(C(=O)O)CCOC2)nc1C. The molecular weight excluding hydrogens is 286 g/mol. The van der Waals surface area contributed by atoms with E-state index in [9.17, 15) is 18.3 Å². The van der Waals surface area contributed by atoms with Gasteiger partial charge in [0.05, 0.1) is 6.61 Å². The van der Waals surface area contributed by atoms with Crippen LogP contribution in [-0.2, 0) is 26.1 Å². The molecule has 9 heteroatoms. The molecule has 1 atom stereocenters. The summed E-state index contributed by atoms with van der Waals surface area (Å²) in [7, 11) is -4.00. The van der Waals surface area contributed by atoms with Crippen LogP contribution < -0.4 is 4.72 Å². The number of carboxylic acid groups (broad SMARTS) is 1. The van der Waals surface area contributed by atoms with Crippen LogP contribution in [0.5, 0.6) is 0 Å². The summed E-state index contributed by atoms with van der Waals surface area (Å²) >= 11 is 0. The number of sulfonamides is 1. The Hall–Kier alpha value is -1.45. The Morgan fingerprint density at radius 1 is 1.65 bits per heavy atom. The highest BCUT2D eigenvalue weighted by Crippen LogP contribution is 2.22. The number of carbonyl (C=O) groups is 1. The molecule has 1 aliphatic rings. The molecule has 0 radical (unpaired) electrons. The molecular formula is C11H17N3O5S. The molecule has 112 valence electrons. The largest absolute Gasteiger partial charge is 0.480 e. The number of aryl methyl sites for hydroxylation is 2. The zero-order chi connectivity index (χ0) is 15.0. The van der Waals surface area contributed by atoms with E-state index in [1.54, 1.807) is 11.5 Å². The average molecular weight is 303 g/mol. The van der Waals surface area contributed by atoms with Gasteiger partial charge in [-0.15, -0.1) is 0 Å². The van der Waals surface area contributed by atoms with Crippen molar-refractivity contribution in [2.24, 2.45) is 0 Å². The summed E-state index contributed by atoms with van der Waals surface area (Å²) in [6.07, 6.45) is 1.48. The number of imidazole rings is 1. The fraction of sp³-hybridized carbons (Fsp3) is 0.636. The van der Waals surface area contributed by atoms with Gasteiger partial charge in [-0.1, -0.05) is 0 Å². The molecule has 1 saturated heterocycles. The number of aliphatic carboxylic acids is 1. The van der Waals surface area contributed by atoms with E-state index in [1.165, 1.54) is 6.20 Å². The van der Waals surface area contributed by atoms with Crippen LogP contribution in [0.25, 0.3) is 0 Å². The summed E-state index contributed by atoms with van der Waals surface area (Å²) in [5, 5.41) is 9.07. The summed E-state index contributed by atoms with van der Waals surface area (Å²) < 4.78 is 33.5. The molecule has 1 aromatic heterocycles. The number of nitrogens with one attached hydrogen (secondary N) is 1. The molecule has 1 aromatic rings. The Bertz CT molecular complexity index is 616. The van der Waals surface area contributed by atoms with Gasteiger partial charge < -0.3 is 14.4 Å². The maximum atomic E-state index is 12.3. The number of hydrogen-bond acceptors (Lipinski definition) is 5. The van der Waals surface area contributed by atoms with Gasteiger partial charge in [0.25, 0.3) is 10.0 Å². The van der Waals surface area contributed by atoms with Crippen molar-refractivity contribution in [3.05, 3.63) is 12.0 Å². The molecule has 1 aliphatic heterocycles. The van der Waals surface area contributed by atoms with E-state index in [2.05, 4.69) is 9.71 Å². The van der Waals surface area contributed by atoms with Crippen LogP contribution in [0.15, 0.2) is 11.2 Å². The van der Waals surface area contributed by atoms with Gasteiger partial charge in [0.15, 0.2) is 10.6 Å². The standard InChI is InChI=1S/C11H17N3O5S/c1-3-14-6-9(12-8(14)2)20(17,18)13-11(10(15)16)4-5-19-7-11/h6,13H,3-5,7H2,1-2H3,(H,15,16). The van der Waals surface area contributed by atoms with Crippen molar-refractivity contribution >= 4 is 16.0 Å². The fourth-order valence-electron chi connectivity index (χ4n) is 2.10. The lowest BCUT2D eigenvalue weighted by molar-refractivity contribution is -0.144. The highest BCUT2D eigenvalue weighted by atomic mass is 32.2. The maximum absolute atomic E-state index is 12.3. The van der Waals surface area contributed by atoms with E-state index >= 15 is 0 Å². The number of hydrogen-bond donors (Lipinski definition) is 2. The minimum Gasteiger partial charge on any atom is -0.480 e. The van der Waals surface area contributed by atoms with Crippen molar-refractivity contribution in [3.8, 4) is 0 Å². The van der Waals surface area contributed by atoms with Crippen LogP contribution in [0.4, 0.5) is 0 Å². The quantitative estimate of drug-likeness (QED) is 0.775. The second kappa shape index (κ2) is 5.15. The molecule has 20 heavy (non-hydrogen) atoms. The van der Waals surface area contributed by atoms with Gasteiger partial charge >= 0.3 is 5.97 Å². The first-order valence-corrected chi connectivity index (χ1v) is 7.68. The van der Waals surface area contributed by atoms with E-state index in [1.807, 2.05) is 6.92 Å². The first kappa shape index (κ1) is 14.9. The van der Waals surface area contributed by atoms with Gasteiger partial charge in [0.2, 0.25) is 0 Å². The number of nitrogens with zero attached hydrogens (tertiary/aromatic N) is 2.